The fraction of sp³-hybridized carbons (Fsp3) is 0.0714. The highest BCUT2D eigenvalue weighted by Gasteiger charge is 2.33. The second kappa shape index (κ2) is 25.9. The Labute approximate surface area is 454 Å². The van der Waals surface area contributed by atoms with Gasteiger partial charge < -0.3 is 10.3 Å². The van der Waals surface area contributed by atoms with Gasteiger partial charge in [0.1, 0.15) is 5.84 Å². The topological polar surface area (TPSA) is 86.0 Å². The molecule has 1 atom stereocenters. The number of nitrogens with zero attached hydrogens (tertiary/aromatic N) is 5. The number of hydrogen-bond donors (Lipinski definition) is 2. The summed E-state index contributed by atoms with van der Waals surface area (Å²) >= 11 is 0. The van der Waals surface area contributed by atoms with Crippen LogP contribution in [0.4, 0.5) is 17.1 Å². The molecule has 0 radical (unpaired) electrons. The van der Waals surface area contributed by atoms with E-state index >= 15 is 0 Å². The van der Waals surface area contributed by atoms with Crippen LogP contribution in [0.15, 0.2) is 285 Å². The summed E-state index contributed by atoms with van der Waals surface area (Å²) in [6.45, 7) is 21.9. The van der Waals surface area contributed by atoms with Crippen LogP contribution in [0, 0.1) is 12.3 Å². The van der Waals surface area contributed by atoms with Crippen LogP contribution in [0.1, 0.15) is 53.1 Å². The number of rotatable bonds is 9. The van der Waals surface area contributed by atoms with E-state index in [-0.39, 0.29) is 11.8 Å². The van der Waals surface area contributed by atoms with Gasteiger partial charge in [0.25, 0.3) is 0 Å². The van der Waals surface area contributed by atoms with Crippen LogP contribution in [-0.4, -0.2) is 23.0 Å². The van der Waals surface area contributed by atoms with Gasteiger partial charge in [-0.2, -0.15) is 0 Å². The van der Waals surface area contributed by atoms with Crippen LogP contribution in [0.3, 0.4) is 0 Å². The van der Waals surface area contributed by atoms with E-state index in [0.717, 1.165) is 96.0 Å². The monoisotopic (exact) mass is 1000 g/mol. The minimum Gasteiger partial charge on any atom is -0.387 e. The average molecular weight is 1000 g/mol. The van der Waals surface area contributed by atoms with Gasteiger partial charge >= 0.3 is 0 Å². The number of allylic oxidation sites excluding steroid dienone is 4. The molecule has 10 aromatic rings. The molecule has 77 heavy (non-hydrogen) atoms. The highest BCUT2D eigenvalue weighted by Crippen LogP contribution is 2.48. The minimum atomic E-state index is -0.251. The molecule has 0 amide bonds. The SMILES string of the molecule is C=C/C=C\C=C.C=C1c2cc3c4ccccc4n(-c4ccc5c(c4)-c4ccccc4C5C(=N)N)c3cc2N(c2ccccc2)N=C(c2ccccc2)N1c1ccccc1.C=NCc1ccccc1.CC.Cc1ccccc1. The molecule has 0 saturated heterocycles. The molecule has 1 aliphatic carbocycles. The van der Waals surface area contributed by atoms with E-state index in [4.69, 9.17) is 22.8 Å². The summed E-state index contributed by atoms with van der Waals surface area (Å²) in [5.41, 5.74) is 21.9. The summed E-state index contributed by atoms with van der Waals surface area (Å²) in [6, 6.07) is 79.3. The highest BCUT2D eigenvalue weighted by molar-refractivity contribution is 6.21. The number of nitrogens with one attached hydrogen (secondary N) is 1. The Bertz CT molecular complexity index is 3680. The van der Waals surface area contributed by atoms with Gasteiger partial charge in [-0.1, -0.05) is 239 Å². The van der Waals surface area contributed by atoms with E-state index in [1.54, 1.807) is 12.2 Å². The number of amidine groups is 2. The van der Waals surface area contributed by atoms with Crippen molar-refractivity contribution in [2.45, 2.75) is 33.2 Å². The van der Waals surface area contributed by atoms with Crippen LogP contribution in [-0.2, 0) is 6.54 Å². The van der Waals surface area contributed by atoms with E-state index in [2.05, 4.69) is 180 Å². The number of anilines is 3. The molecule has 0 fully saturated rings. The Kier molecular flexibility index (Phi) is 18.0. The smallest absolute Gasteiger partial charge is 0.165 e. The third-order valence-corrected chi connectivity index (χ3v) is 13.0. The van der Waals surface area contributed by atoms with Crippen LogP contribution in [0.25, 0.3) is 44.3 Å². The Morgan fingerprint density at radius 2 is 1.12 bits per heavy atom. The second-order valence-electron chi connectivity index (χ2n) is 17.9. The number of hydrazone groups is 1. The largest absolute Gasteiger partial charge is 0.387 e. The summed E-state index contributed by atoms with van der Waals surface area (Å²) in [5, 5.41) is 18.3. The molecule has 7 heteroatoms. The number of aryl methyl sites for hydroxylation is 1. The van der Waals surface area contributed by atoms with Crippen molar-refractivity contribution >= 4 is 63.0 Å². The lowest BCUT2D eigenvalue weighted by molar-refractivity contribution is 1.08. The fourth-order valence-electron chi connectivity index (χ4n) is 9.59. The van der Waals surface area contributed by atoms with Crippen molar-refractivity contribution in [2.75, 3.05) is 9.91 Å². The lowest BCUT2D eigenvalue weighted by Gasteiger charge is -2.27. The molecule has 1 aliphatic heterocycles. The van der Waals surface area contributed by atoms with Gasteiger partial charge in [0.2, 0.25) is 0 Å². The van der Waals surface area contributed by atoms with E-state index in [1.807, 2.05) is 123 Å². The molecule has 9 aromatic carbocycles. The van der Waals surface area contributed by atoms with Crippen LogP contribution in [0.5, 0.6) is 0 Å². The number of fused-ring (bicyclic) bond motifs is 7. The Morgan fingerprint density at radius 3 is 1.71 bits per heavy atom. The highest BCUT2D eigenvalue weighted by atomic mass is 15.5. The van der Waals surface area contributed by atoms with Crippen LogP contribution >= 0.6 is 0 Å². The first kappa shape index (κ1) is 53.4. The third kappa shape index (κ3) is 11.9. The molecule has 12 rings (SSSR count). The first-order valence-electron chi connectivity index (χ1n) is 25.9. The van der Waals surface area contributed by atoms with Crippen molar-refractivity contribution in [3.05, 3.63) is 308 Å². The molecule has 0 bridgehead atoms. The van der Waals surface area contributed by atoms with Gasteiger partial charge in [0, 0.05) is 39.0 Å². The Hall–Kier alpha value is -9.85. The van der Waals surface area contributed by atoms with Crippen LogP contribution in [0.2, 0.25) is 0 Å². The van der Waals surface area contributed by atoms with Crippen LogP contribution < -0.4 is 15.6 Å². The summed E-state index contributed by atoms with van der Waals surface area (Å²) in [7, 11) is 0. The minimum absolute atomic E-state index is 0.157. The molecule has 3 N–H and O–H groups in total. The van der Waals surface area contributed by atoms with Gasteiger partial charge in [0.05, 0.1) is 34.9 Å². The number of nitrogens with two attached hydrogens (primary N) is 1. The van der Waals surface area contributed by atoms with E-state index in [1.165, 1.54) is 11.1 Å². The summed E-state index contributed by atoms with van der Waals surface area (Å²) < 4.78 is 2.35. The average Bonchev–Trinajstić information content (AvgIpc) is 4.03. The van der Waals surface area contributed by atoms with Gasteiger partial charge in [0.15, 0.2) is 5.84 Å². The van der Waals surface area contributed by atoms with Crippen molar-refractivity contribution < 1.29 is 0 Å². The molecule has 1 aromatic heterocycles. The maximum atomic E-state index is 8.46. The standard InChI is InChI=1S/C47H34N6.C8H9N.C7H8.C6H8.C2H6/c1-30-39-28-41-36-22-13-14-24-42(36)52(34-25-26-38-40(27-34)35-21-11-12-23-37(35)45(38)46(48)49)43(41)29-44(39)53(33-19-9-4-10-20-33)50-47(31-15-5-2-6-16-31)51(30)32-17-7-3-8-18-32;1-9-7-8-5-3-2-4-6-8;1-7-5-3-2-4-6-7;1-3-5-6-4-2;1-2/h2-29,45H,1H2,(H3,48,49);2-6H,1,7H2;2-6H,1H3;3-6H,1-2H2;1-2H3/b;;;6-5-;. The number of hydrogen-bond acceptors (Lipinski definition) is 5. The van der Waals surface area contributed by atoms with Gasteiger partial charge in [-0.25, -0.2) is 5.01 Å². The zero-order valence-corrected chi connectivity index (χ0v) is 44.2. The first-order valence-corrected chi connectivity index (χ1v) is 25.9. The Morgan fingerprint density at radius 1 is 0.571 bits per heavy atom. The zero-order valence-electron chi connectivity index (χ0n) is 44.2. The van der Waals surface area contributed by atoms with E-state index in [0.29, 0.717) is 0 Å². The molecule has 2 heterocycles. The lowest BCUT2D eigenvalue weighted by Crippen LogP contribution is -2.30. The summed E-state index contributed by atoms with van der Waals surface area (Å²) in [5.74, 6) is 0.681. The molecular formula is C70H65N7. The molecule has 0 spiro atoms. The van der Waals surface area contributed by atoms with Crippen molar-refractivity contribution in [2.24, 2.45) is 15.8 Å². The number of benzene rings is 9. The van der Waals surface area contributed by atoms with E-state index in [9.17, 15) is 0 Å². The van der Waals surface area contributed by atoms with Gasteiger partial charge in [-0.3, -0.25) is 15.3 Å². The quantitative estimate of drug-likeness (QED) is 0.0858. The normalized spacial score (nSPS) is 12.8. The molecular weight excluding hydrogens is 939 g/mol. The van der Waals surface area contributed by atoms with Crippen molar-refractivity contribution in [1.82, 2.24) is 4.57 Å². The van der Waals surface area contributed by atoms with Gasteiger partial charge in [-0.05, 0) is 96.1 Å². The fourth-order valence-corrected chi connectivity index (χ4v) is 9.59. The molecule has 0 saturated carbocycles. The predicted molar refractivity (Wildman–Crippen MR) is 331 cm³/mol. The summed E-state index contributed by atoms with van der Waals surface area (Å²) in [6.07, 6.45) is 7.07. The van der Waals surface area contributed by atoms with Crippen molar-refractivity contribution in [1.29, 1.82) is 5.41 Å². The molecule has 380 valence electrons. The maximum Gasteiger partial charge on any atom is 0.165 e. The van der Waals surface area contributed by atoms with E-state index < -0.39 is 0 Å². The zero-order chi connectivity index (χ0) is 54.1. The predicted octanol–water partition coefficient (Wildman–Crippen LogP) is 17.6. The van der Waals surface area contributed by atoms with Gasteiger partial charge in [-0.15, -0.1) is 5.10 Å². The Balaban J connectivity index is 0.000000271. The van der Waals surface area contributed by atoms with Crippen molar-refractivity contribution in [3.8, 4) is 16.8 Å². The molecule has 7 nitrogen and oxygen atoms in total. The lowest BCUT2D eigenvalue weighted by atomic mass is 9.96. The number of para-hydroxylation sites is 3. The first-order chi connectivity index (χ1) is 37.8. The van der Waals surface area contributed by atoms with Crippen molar-refractivity contribution in [3.63, 3.8) is 0 Å². The number of aromatic nitrogens is 1. The molecule has 1 unspecified atom stereocenters. The number of aliphatic imine (C=N–C) groups is 1. The summed E-state index contributed by atoms with van der Waals surface area (Å²) in [4.78, 5) is 5.93. The maximum absolute atomic E-state index is 8.46. The molecule has 2 aliphatic rings. The third-order valence-electron chi connectivity index (χ3n) is 13.0. The second-order valence-corrected chi connectivity index (χ2v) is 17.9.